The molecule has 0 unspecified atom stereocenters. The molecule has 162 valence electrons. The van der Waals surface area contributed by atoms with Gasteiger partial charge in [0.15, 0.2) is 17.3 Å². The van der Waals surface area contributed by atoms with Gasteiger partial charge in [-0.25, -0.2) is 12.7 Å². The first-order chi connectivity index (χ1) is 14.2. The molecule has 0 fully saturated rings. The molecule has 2 rings (SSSR count). The number of carbonyl (C=O) groups is 2. The lowest BCUT2D eigenvalue weighted by Gasteiger charge is -2.17. The first-order valence-corrected chi connectivity index (χ1v) is 10.6. The van der Waals surface area contributed by atoms with Gasteiger partial charge in [-0.1, -0.05) is 0 Å². The van der Waals surface area contributed by atoms with Crippen LogP contribution in [0.25, 0.3) is 0 Å². The van der Waals surface area contributed by atoms with Crippen molar-refractivity contribution in [3.8, 4) is 17.2 Å². The van der Waals surface area contributed by atoms with Gasteiger partial charge in [-0.15, -0.1) is 0 Å². The molecule has 9 heteroatoms. The molecule has 0 aliphatic carbocycles. The molecule has 0 heterocycles. The summed E-state index contributed by atoms with van der Waals surface area (Å²) < 4.78 is 41.9. The number of sulfonamides is 1. The van der Waals surface area contributed by atoms with Gasteiger partial charge >= 0.3 is 5.97 Å². The quantitative estimate of drug-likeness (QED) is 0.321. The molecule has 0 aliphatic heterocycles. The van der Waals surface area contributed by atoms with Crippen molar-refractivity contribution in [3.05, 3.63) is 48.0 Å². The van der Waals surface area contributed by atoms with Gasteiger partial charge in [-0.05, 0) is 55.8 Å². The lowest BCUT2D eigenvalue weighted by atomic mass is 10.1. The Kier molecular flexibility index (Phi) is 7.96. The number of Topliss-reactive ketones (excluding diaryl/α,β-unsaturated/α-hetero) is 1. The Morgan fingerprint density at radius 3 is 2.20 bits per heavy atom. The van der Waals surface area contributed by atoms with Crippen LogP contribution in [0.3, 0.4) is 0 Å². The first-order valence-electron chi connectivity index (χ1n) is 9.19. The second-order valence-corrected chi connectivity index (χ2v) is 8.55. The van der Waals surface area contributed by atoms with Gasteiger partial charge in [0.05, 0.1) is 19.1 Å². The van der Waals surface area contributed by atoms with Gasteiger partial charge < -0.3 is 14.2 Å². The predicted octanol–water partition coefficient (Wildman–Crippen LogP) is 2.91. The number of esters is 1. The van der Waals surface area contributed by atoms with E-state index in [1.165, 1.54) is 56.8 Å². The Labute approximate surface area is 176 Å². The van der Waals surface area contributed by atoms with Crippen LogP contribution in [0.1, 0.15) is 30.1 Å². The summed E-state index contributed by atoms with van der Waals surface area (Å²) in [5, 5.41) is 0. The van der Waals surface area contributed by atoms with Crippen LogP contribution in [0.15, 0.2) is 47.4 Å². The molecule has 0 aromatic heterocycles. The highest BCUT2D eigenvalue weighted by Gasteiger charge is 2.21. The molecular weight excluding hydrogens is 410 g/mol. The number of hydrogen-bond donors (Lipinski definition) is 0. The number of nitrogens with zero attached hydrogens (tertiary/aromatic N) is 1. The highest BCUT2D eigenvalue weighted by molar-refractivity contribution is 7.89. The van der Waals surface area contributed by atoms with Crippen molar-refractivity contribution in [2.24, 2.45) is 0 Å². The summed E-state index contributed by atoms with van der Waals surface area (Å²) in [6, 6.07) is 10.6. The lowest BCUT2D eigenvalue weighted by molar-refractivity contribution is -0.134. The Morgan fingerprint density at radius 1 is 0.967 bits per heavy atom. The third-order valence-corrected chi connectivity index (χ3v) is 6.29. The molecule has 0 bridgehead atoms. The molecule has 0 aliphatic rings. The molecule has 0 spiro atoms. The van der Waals surface area contributed by atoms with E-state index in [2.05, 4.69) is 0 Å². The van der Waals surface area contributed by atoms with Crippen LogP contribution in [0.5, 0.6) is 17.2 Å². The maximum Gasteiger partial charge on any atom is 0.311 e. The molecule has 0 amide bonds. The molecule has 0 N–H and O–H groups in total. The van der Waals surface area contributed by atoms with E-state index in [0.717, 1.165) is 0 Å². The normalized spacial score (nSPS) is 11.2. The van der Waals surface area contributed by atoms with Crippen LogP contribution >= 0.6 is 0 Å². The molecule has 2 aromatic rings. The van der Waals surface area contributed by atoms with Gasteiger partial charge in [-0.3, -0.25) is 9.59 Å². The van der Waals surface area contributed by atoms with Crippen molar-refractivity contribution < 1.29 is 32.2 Å². The monoisotopic (exact) mass is 435 g/mol. The number of methoxy groups -OCH3 is 2. The number of ketones is 1. The minimum absolute atomic E-state index is 0.0140. The van der Waals surface area contributed by atoms with Crippen LogP contribution in [-0.2, 0) is 14.8 Å². The smallest absolute Gasteiger partial charge is 0.311 e. The van der Waals surface area contributed by atoms with E-state index in [-0.39, 0.29) is 41.6 Å². The number of carbonyl (C=O) groups excluding carboxylic acids is 2. The molecule has 0 saturated heterocycles. The Bertz CT molecular complexity index is 1000. The van der Waals surface area contributed by atoms with Crippen molar-refractivity contribution in [1.29, 1.82) is 0 Å². The summed E-state index contributed by atoms with van der Waals surface area (Å²) in [6.45, 7) is 1.57. The van der Waals surface area contributed by atoms with Crippen molar-refractivity contribution in [1.82, 2.24) is 4.31 Å². The SMILES string of the molecule is COc1ccc(S(=O)(=O)N(C)CCCC(=O)Oc2ccc(C(C)=O)cc2OC)cc1. The number of rotatable bonds is 10. The average molecular weight is 435 g/mol. The highest BCUT2D eigenvalue weighted by atomic mass is 32.2. The second-order valence-electron chi connectivity index (χ2n) is 6.50. The Hall–Kier alpha value is -2.91. The average Bonchev–Trinajstić information content (AvgIpc) is 2.73. The number of benzene rings is 2. The standard InChI is InChI=1S/C21H25NO7S/c1-15(23)16-7-12-19(20(14-16)28-4)29-21(24)6-5-13-22(2)30(25,26)18-10-8-17(27-3)9-11-18/h7-12,14H,5-6,13H2,1-4H3. The fraction of sp³-hybridized carbons (Fsp3) is 0.333. The molecular formula is C21H25NO7S. The summed E-state index contributed by atoms with van der Waals surface area (Å²) in [5.74, 6) is 0.375. The van der Waals surface area contributed by atoms with Crippen molar-refractivity contribution in [2.75, 3.05) is 27.8 Å². The Morgan fingerprint density at radius 2 is 1.63 bits per heavy atom. The molecule has 30 heavy (non-hydrogen) atoms. The van der Waals surface area contributed by atoms with Crippen molar-refractivity contribution in [3.63, 3.8) is 0 Å². The highest BCUT2D eigenvalue weighted by Crippen LogP contribution is 2.28. The van der Waals surface area contributed by atoms with E-state index in [4.69, 9.17) is 14.2 Å². The topological polar surface area (TPSA) is 99.2 Å². The zero-order chi connectivity index (χ0) is 22.3. The molecule has 8 nitrogen and oxygen atoms in total. The largest absolute Gasteiger partial charge is 0.497 e. The van der Waals surface area contributed by atoms with Crippen LogP contribution in [0.2, 0.25) is 0 Å². The van der Waals surface area contributed by atoms with Crippen molar-refractivity contribution in [2.45, 2.75) is 24.7 Å². The minimum atomic E-state index is -3.67. The van der Waals surface area contributed by atoms with E-state index in [9.17, 15) is 18.0 Å². The van der Waals surface area contributed by atoms with Gasteiger partial charge in [0, 0.05) is 25.6 Å². The molecule has 0 saturated carbocycles. The maximum atomic E-state index is 12.6. The second kappa shape index (κ2) is 10.2. The van der Waals surface area contributed by atoms with E-state index in [0.29, 0.717) is 11.3 Å². The first kappa shape index (κ1) is 23.4. The van der Waals surface area contributed by atoms with E-state index < -0.39 is 16.0 Å². The number of hydrogen-bond acceptors (Lipinski definition) is 7. The van der Waals surface area contributed by atoms with E-state index in [1.54, 1.807) is 18.2 Å². The molecule has 0 radical (unpaired) electrons. The van der Waals surface area contributed by atoms with Crippen LogP contribution < -0.4 is 14.2 Å². The van der Waals surface area contributed by atoms with Gasteiger partial charge in [-0.2, -0.15) is 0 Å². The van der Waals surface area contributed by atoms with Gasteiger partial charge in [0.25, 0.3) is 0 Å². The van der Waals surface area contributed by atoms with Crippen LogP contribution in [0, 0.1) is 0 Å². The minimum Gasteiger partial charge on any atom is -0.497 e. The summed E-state index contributed by atoms with van der Waals surface area (Å²) in [6.07, 6.45) is 0.290. The molecule has 0 atom stereocenters. The lowest BCUT2D eigenvalue weighted by Crippen LogP contribution is -2.28. The Balaban J connectivity index is 1.92. The summed E-state index contributed by atoms with van der Waals surface area (Å²) in [4.78, 5) is 23.7. The zero-order valence-corrected chi connectivity index (χ0v) is 18.2. The maximum absolute atomic E-state index is 12.6. The molecule has 2 aromatic carbocycles. The summed E-state index contributed by atoms with van der Waals surface area (Å²) in [5.41, 5.74) is 0.442. The third-order valence-electron chi connectivity index (χ3n) is 4.42. The number of ether oxygens (including phenoxy) is 3. The fourth-order valence-corrected chi connectivity index (χ4v) is 3.85. The van der Waals surface area contributed by atoms with E-state index in [1.807, 2.05) is 0 Å². The van der Waals surface area contributed by atoms with Crippen LogP contribution in [-0.4, -0.2) is 52.3 Å². The summed E-state index contributed by atoms with van der Waals surface area (Å²) >= 11 is 0. The van der Waals surface area contributed by atoms with Gasteiger partial charge in [0.2, 0.25) is 10.0 Å². The summed E-state index contributed by atoms with van der Waals surface area (Å²) in [7, 11) is 0.696. The van der Waals surface area contributed by atoms with Crippen LogP contribution in [0.4, 0.5) is 0 Å². The van der Waals surface area contributed by atoms with E-state index >= 15 is 0 Å². The predicted molar refractivity (Wildman–Crippen MR) is 111 cm³/mol. The fourth-order valence-electron chi connectivity index (χ4n) is 2.64. The zero-order valence-electron chi connectivity index (χ0n) is 17.4. The van der Waals surface area contributed by atoms with Crippen molar-refractivity contribution >= 4 is 21.8 Å². The van der Waals surface area contributed by atoms with Gasteiger partial charge in [0.1, 0.15) is 5.75 Å². The third kappa shape index (κ3) is 5.80.